The van der Waals surface area contributed by atoms with E-state index in [2.05, 4.69) is 5.32 Å². The van der Waals surface area contributed by atoms with Crippen LogP contribution in [0.25, 0.3) is 0 Å². The van der Waals surface area contributed by atoms with Gasteiger partial charge in [-0.1, -0.05) is 0 Å². The minimum Gasteiger partial charge on any atom is -0.376 e. The van der Waals surface area contributed by atoms with E-state index >= 15 is 0 Å². The molecule has 0 radical (unpaired) electrons. The molecule has 0 aliphatic heterocycles. The van der Waals surface area contributed by atoms with Gasteiger partial charge in [0.2, 0.25) is 0 Å². The normalized spacial score (nSPS) is 10.5. The first kappa shape index (κ1) is 15.8. The molecule has 0 fully saturated rings. The summed E-state index contributed by atoms with van der Waals surface area (Å²) in [5, 5.41) is 2.29. The second kappa shape index (κ2) is 6.05. The van der Waals surface area contributed by atoms with Gasteiger partial charge in [0.15, 0.2) is 17.5 Å². The summed E-state index contributed by atoms with van der Waals surface area (Å²) in [6.07, 6.45) is 0. The Hall–Kier alpha value is -2.57. The highest BCUT2D eigenvalue weighted by atomic mass is 19.2. The molecule has 7 heteroatoms. The molecule has 0 bridgehead atoms. The lowest BCUT2D eigenvalue weighted by Crippen LogP contribution is -2.18. The second-order valence-electron chi connectivity index (χ2n) is 4.73. The fourth-order valence-corrected chi connectivity index (χ4v) is 1.89. The standard InChI is InChI=1S/C15H12F4N2O/c1-21(2)12-6-3-8(16)7-11(12)20-15(22)9-4-5-10(17)14(19)13(9)18/h3-7H,1-2H3,(H,20,22). The number of amides is 1. The second-order valence-corrected chi connectivity index (χ2v) is 4.73. The quantitative estimate of drug-likeness (QED) is 0.694. The van der Waals surface area contributed by atoms with Crippen molar-refractivity contribution in [2.75, 3.05) is 24.3 Å². The van der Waals surface area contributed by atoms with Gasteiger partial charge < -0.3 is 10.2 Å². The molecule has 0 aliphatic rings. The van der Waals surface area contributed by atoms with Gasteiger partial charge in [0.25, 0.3) is 5.91 Å². The minimum absolute atomic E-state index is 0.0825. The lowest BCUT2D eigenvalue weighted by atomic mass is 10.1. The molecule has 0 spiro atoms. The summed E-state index contributed by atoms with van der Waals surface area (Å²) in [5.41, 5.74) is -0.121. The van der Waals surface area contributed by atoms with Crippen LogP contribution < -0.4 is 10.2 Å². The minimum atomic E-state index is -1.74. The lowest BCUT2D eigenvalue weighted by Gasteiger charge is -2.18. The molecule has 2 aromatic carbocycles. The average Bonchev–Trinajstić information content (AvgIpc) is 2.44. The van der Waals surface area contributed by atoms with E-state index in [0.29, 0.717) is 11.8 Å². The Kier molecular flexibility index (Phi) is 4.35. The summed E-state index contributed by atoms with van der Waals surface area (Å²) >= 11 is 0. The number of rotatable bonds is 3. The number of hydrogen-bond acceptors (Lipinski definition) is 2. The van der Waals surface area contributed by atoms with Gasteiger partial charge in [-0.3, -0.25) is 4.79 Å². The van der Waals surface area contributed by atoms with Crippen LogP contribution in [0.1, 0.15) is 10.4 Å². The van der Waals surface area contributed by atoms with Crippen LogP contribution >= 0.6 is 0 Å². The zero-order chi connectivity index (χ0) is 16.4. The van der Waals surface area contributed by atoms with E-state index in [1.807, 2.05) is 0 Å². The lowest BCUT2D eigenvalue weighted by molar-refractivity contribution is 0.102. The average molecular weight is 312 g/mol. The molecule has 0 aliphatic carbocycles. The maximum Gasteiger partial charge on any atom is 0.258 e. The summed E-state index contributed by atoms with van der Waals surface area (Å²) < 4.78 is 52.9. The van der Waals surface area contributed by atoms with Crippen molar-refractivity contribution in [2.45, 2.75) is 0 Å². The number of carbonyl (C=O) groups is 1. The van der Waals surface area contributed by atoms with Gasteiger partial charge >= 0.3 is 0 Å². The molecule has 0 atom stereocenters. The number of halogens is 4. The fourth-order valence-electron chi connectivity index (χ4n) is 1.89. The first-order valence-electron chi connectivity index (χ1n) is 6.23. The molecule has 0 heterocycles. The summed E-state index contributed by atoms with van der Waals surface area (Å²) in [5.74, 6) is -6.34. The van der Waals surface area contributed by atoms with E-state index in [9.17, 15) is 22.4 Å². The Balaban J connectivity index is 2.38. The fraction of sp³-hybridized carbons (Fsp3) is 0.133. The van der Waals surface area contributed by atoms with Crippen molar-refractivity contribution in [3.05, 3.63) is 59.2 Å². The number of hydrogen-bond donors (Lipinski definition) is 1. The van der Waals surface area contributed by atoms with Crippen LogP contribution in [0.4, 0.5) is 28.9 Å². The first-order valence-corrected chi connectivity index (χ1v) is 6.23. The molecule has 2 rings (SSSR count). The summed E-state index contributed by atoms with van der Waals surface area (Å²) in [6.45, 7) is 0. The predicted octanol–water partition coefficient (Wildman–Crippen LogP) is 3.56. The highest BCUT2D eigenvalue weighted by molar-refractivity contribution is 6.06. The van der Waals surface area contributed by atoms with Gasteiger partial charge in [-0.25, -0.2) is 17.6 Å². The van der Waals surface area contributed by atoms with E-state index in [-0.39, 0.29) is 5.69 Å². The van der Waals surface area contributed by atoms with Crippen molar-refractivity contribution in [3.63, 3.8) is 0 Å². The van der Waals surface area contributed by atoms with Crippen molar-refractivity contribution in [2.24, 2.45) is 0 Å². The van der Waals surface area contributed by atoms with Crippen molar-refractivity contribution in [1.82, 2.24) is 0 Å². The van der Waals surface area contributed by atoms with Gasteiger partial charge in [0.1, 0.15) is 5.82 Å². The summed E-state index contributed by atoms with van der Waals surface area (Å²) in [6, 6.07) is 5.13. The number of anilines is 2. The Morgan fingerprint density at radius 3 is 2.32 bits per heavy atom. The number of nitrogens with zero attached hydrogens (tertiary/aromatic N) is 1. The molecule has 22 heavy (non-hydrogen) atoms. The Morgan fingerprint density at radius 1 is 1.00 bits per heavy atom. The molecule has 0 saturated heterocycles. The van der Waals surface area contributed by atoms with Crippen LogP contribution in [0.2, 0.25) is 0 Å². The number of benzene rings is 2. The van der Waals surface area contributed by atoms with Gasteiger partial charge in [0.05, 0.1) is 16.9 Å². The molecule has 0 unspecified atom stereocenters. The van der Waals surface area contributed by atoms with Crippen molar-refractivity contribution in [1.29, 1.82) is 0 Å². The molecule has 3 nitrogen and oxygen atoms in total. The van der Waals surface area contributed by atoms with Crippen molar-refractivity contribution in [3.8, 4) is 0 Å². The van der Waals surface area contributed by atoms with Crippen molar-refractivity contribution >= 4 is 17.3 Å². The Bertz CT molecular complexity index is 732. The highest BCUT2D eigenvalue weighted by Gasteiger charge is 2.20. The summed E-state index contributed by atoms with van der Waals surface area (Å²) in [7, 11) is 3.34. The molecule has 116 valence electrons. The largest absolute Gasteiger partial charge is 0.376 e. The third-order valence-electron chi connectivity index (χ3n) is 2.97. The topological polar surface area (TPSA) is 32.3 Å². The SMILES string of the molecule is CN(C)c1ccc(F)cc1NC(=O)c1ccc(F)c(F)c1F. The number of nitrogens with one attached hydrogen (secondary N) is 1. The molecule has 0 saturated carbocycles. The third kappa shape index (κ3) is 3.03. The van der Waals surface area contributed by atoms with Gasteiger partial charge in [-0.15, -0.1) is 0 Å². The molecule has 0 aromatic heterocycles. The van der Waals surface area contributed by atoms with E-state index in [0.717, 1.165) is 12.1 Å². The van der Waals surface area contributed by atoms with Crippen LogP contribution in [0.5, 0.6) is 0 Å². The molecule has 1 N–H and O–H groups in total. The van der Waals surface area contributed by atoms with Gasteiger partial charge in [-0.2, -0.15) is 0 Å². The van der Waals surface area contributed by atoms with Crippen LogP contribution in [0.15, 0.2) is 30.3 Å². The Labute approximate surface area is 124 Å². The molecular formula is C15H12F4N2O. The molecule has 2 aromatic rings. The van der Waals surface area contributed by atoms with Crippen LogP contribution in [0, 0.1) is 23.3 Å². The molecular weight excluding hydrogens is 300 g/mol. The van der Waals surface area contributed by atoms with Gasteiger partial charge in [0, 0.05) is 14.1 Å². The van der Waals surface area contributed by atoms with Gasteiger partial charge in [-0.05, 0) is 30.3 Å². The van der Waals surface area contributed by atoms with E-state index < -0.39 is 34.7 Å². The third-order valence-corrected chi connectivity index (χ3v) is 2.97. The maximum absolute atomic E-state index is 13.6. The van der Waals surface area contributed by atoms with Crippen LogP contribution in [-0.2, 0) is 0 Å². The first-order chi connectivity index (χ1) is 10.3. The predicted molar refractivity (Wildman–Crippen MR) is 75.0 cm³/mol. The smallest absolute Gasteiger partial charge is 0.258 e. The number of carbonyl (C=O) groups excluding carboxylic acids is 1. The monoisotopic (exact) mass is 312 g/mol. The zero-order valence-corrected chi connectivity index (χ0v) is 11.8. The summed E-state index contributed by atoms with van der Waals surface area (Å²) in [4.78, 5) is 13.6. The maximum atomic E-state index is 13.6. The molecule has 1 amide bonds. The van der Waals surface area contributed by atoms with Crippen LogP contribution in [-0.4, -0.2) is 20.0 Å². The van der Waals surface area contributed by atoms with Crippen LogP contribution in [0.3, 0.4) is 0 Å². The van der Waals surface area contributed by atoms with E-state index in [1.165, 1.54) is 12.1 Å². The van der Waals surface area contributed by atoms with E-state index in [4.69, 9.17) is 0 Å². The van der Waals surface area contributed by atoms with E-state index in [1.54, 1.807) is 19.0 Å². The van der Waals surface area contributed by atoms with Crippen molar-refractivity contribution < 1.29 is 22.4 Å². The highest BCUT2D eigenvalue weighted by Crippen LogP contribution is 2.26. The zero-order valence-electron chi connectivity index (χ0n) is 11.8. The Morgan fingerprint density at radius 2 is 1.68 bits per heavy atom.